The van der Waals surface area contributed by atoms with Gasteiger partial charge in [0.2, 0.25) is 0 Å². The van der Waals surface area contributed by atoms with Gasteiger partial charge in [-0.05, 0) is 24.1 Å². The van der Waals surface area contributed by atoms with E-state index in [1.54, 1.807) is 12.1 Å². The fourth-order valence-corrected chi connectivity index (χ4v) is 2.30. The average Bonchev–Trinajstić information content (AvgIpc) is 2.49. The second-order valence-corrected chi connectivity index (χ2v) is 4.94. The second-order valence-electron chi connectivity index (χ2n) is 4.94. The summed E-state index contributed by atoms with van der Waals surface area (Å²) in [7, 11) is 0. The summed E-state index contributed by atoms with van der Waals surface area (Å²) >= 11 is 0. The van der Waals surface area contributed by atoms with Crippen LogP contribution in [0.3, 0.4) is 0 Å². The van der Waals surface area contributed by atoms with Crippen LogP contribution in [0.15, 0.2) is 53.6 Å². The third kappa shape index (κ3) is 3.81. The number of pyridine rings is 1. The van der Waals surface area contributed by atoms with E-state index in [2.05, 4.69) is 43.4 Å². The standard InChI is InChI=1S/C17H22N2O/c1-3-14-5-7-15(8-6-14)17(18-4-2)13-19-11-9-16(20)10-12-19/h5-12,17-18H,3-4,13H2,1-2H3. The first kappa shape index (κ1) is 14.5. The lowest BCUT2D eigenvalue weighted by Gasteiger charge is -2.20. The maximum atomic E-state index is 11.1. The monoisotopic (exact) mass is 270 g/mol. The molecule has 1 atom stereocenters. The van der Waals surface area contributed by atoms with Gasteiger partial charge in [0.1, 0.15) is 0 Å². The van der Waals surface area contributed by atoms with Gasteiger partial charge in [0.05, 0.1) is 6.04 Å². The molecular weight excluding hydrogens is 248 g/mol. The van der Waals surface area contributed by atoms with Crippen LogP contribution in [-0.2, 0) is 13.0 Å². The Morgan fingerprint density at radius 3 is 2.25 bits per heavy atom. The minimum Gasteiger partial charge on any atom is -0.352 e. The molecule has 106 valence electrons. The first-order valence-corrected chi connectivity index (χ1v) is 7.21. The number of aryl methyl sites for hydroxylation is 1. The van der Waals surface area contributed by atoms with Crippen LogP contribution < -0.4 is 10.7 Å². The van der Waals surface area contributed by atoms with Crippen LogP contribution in [0.4, 0.5) is 0 Å². The highest BCUT2D eigenvalue weighted by molar-refractivity contribution is 5.25. The zero-order chi connectivity index (χ0) is 14.4. The predicted molar refractivity (Wildman–Crippen MR) is 82.9 cm³/mol. The summed E-state index contributed by atoms with van der Waals surface area (Å²) in [5, 5.41) is 3.50. The van der Waals surface area contributed by atoms with Gasteiger partial charge in [-0.2, -0.15) is 0 Å². The molecule has 1 aromatic heterocycles. The number of hydrogen-bond donors (Lipinski definition) is 1. The number of rotatable bonds is 6. The molecule has 1 N–H and O–H groups in total. The van der Waals surface area contributed by atoms with Crippen LogP contribution in [0, 0.1) is 0 Å². The van der Waals surface area contributed by atoms with Crippen LogP contribution in [0.25, 0.3) is 0 Å². The van der Waals surface area contributed by atoms with E-state index in [9.17, 15) is 4.79 Å². The fourth-order valence-electron chi connectivity index (χ4n) is 2.30. The summed E-state index contributed by atoms with van der Waals surface area (Å²) in [6.07, 6.45) is 4.74. The van der Waals surface area contributed by atoms with E-state index in [1.807, 2.05) is 17.0 Å². The molecule has 0 fully saturated rings. The summed E-state index contributed by atoms with van der Waals surface area (Å²) in [5.74, 6) is 0. The lowest BCUT2D eigenvalue weighted by Crippen LogP contribution is -2.25. The van der Waals surface area contributed by atoms with Gasteiger partial charge in [-0.15, -0.1) is 0 Å². The van der Waals surface area contributed by atoms with Crippen molar-refractivity contribution in [3.05, 3.63) is 70.1 Å². The van der Waals surface area contributed by atoms with E-state index in [1.165, 1.54) is 11.1 Å². The topological polar surface area (TPSA) is 34.0 Å². The van der Waals surface area contributed by atoms with Crippen molar-refractivity contribution in [1.82, 2.24) is 9.88 Å². The largest absolute Gasteiger partial charge is 0.352 e. The first-order chi connectivity index (χ1) is 9.72. The molecule has 20 heavy (non-hydrogen) atoms. The van der Waals surface area contributed by atoms with Gasteiger partial charge in [0, 0.05) is 31.1 Å². The number of nitrogens with one attached hydrogen (secondary N) is 1. The highest BCUT2D eigenvalue weighted by Gasteiger charge is 2.10. The molecule has 0 aliphatic carbocycles. The first-order valence-electron chi connectivity index (χ1n) is 7.21. The average molecular weight is 270 g/mol. The van der Waals surface area contributed by atoms with Crippen molar-refractivity contribution in [1.29, 1.82) is 0 Å². The zero-order valence-electron chi connectivity index (χ0n) is 12.2. The Bertz CT molecular complexity index is 566. The van der Waals surface area contributed by atoms with E-state index in [-0.39, 0.29) is 11.5 Å². The Hall–Kier alpha value is -1.87. The van der Waals surface area contributed by atoms with Crippen molar-refractivity contribution < 1.29 is 0 Å². The number of benzene rings is 1. The maximum Gasteiger partial charge on any atom is 0.181 e. The third-order valence-corrected chi connectivity index (χ3v) is 3.49. The normalized spacial score (nSPS) is 12.3. The summed E-state index contributed by atoms with van der Waals surface area (Å²) in [4.78, 5) is 11.1. The smallest absolute Gasteiger partial charge is 0.181 e. The number of hydrogen-bond acceptors (Lipinski definition) is 2. The van der Waals surface area contributed by atoms with Gasteiger partial charge in [0.25, 0.3) is 0 Å². The van der Waals surface area contributed by atoms with Crippen LogP contribution in [0.5, 0.6) is 0 Å². The van der Waals surface area contributed by atoms with E-state index < -0.39 is 0 Å². The Labute approximate surface area is 120 Å². The maximum absolute atomic E-state index is 11.1. The highest BCUT2D eigenvalue weighted by Crippen LogP contribution is 2.16. The molecule has 1 aromatic carbocycles. The molecule has 0 saturated heterocycles. The second kappa shape index (κ2) is 7.06. The van der Waals surface area contributed by atoms with Crippen molar-refractivity contribution in [3.63, 3.8) is 0 Å². The van der Waals surface area contributed by atoms with Gasteiger partial charge in [-0.1, -0.05) is 38.1 Å². The SMILES string of the molecule is CCNC(Cn1ccc(=O)cc1)c1ccc(CC)cc1. The predicted octanol–water partition coefficient (Wildman–Crippen LogP) is 2.76. The minimum absolute atomic E-state index is 0.0496. The molecule has 3 nitrogen and oxygen atoms in total. The zero-order valence-corrected chi connectivity index (χ0v) is 12.2. The van der Waals surface area contributed by atoms with Crippen molar-refractivity contribution in [2.24, 2.45) is 0 Å². The van der Waals surface area contributed by atoms with Crippen LogP contribution in [0.2, 0.25) is 0 Å². The Morgan fingerprint density at radius 1 is 1.05 bits per heavy atom. The van der Waals surface area contributed by atoms with Crippen LogP contribution >= 0.6 is 0 Å². The van der Waals surface area contributed by atoms with Gasteiger partial charge in [0.15, 0.2) is 5.43 Å². The molecule has 0 aliphatic rings. The van der Waals surface area contributed by atoms with Gasteiger partial charge in [-0.25, -0.2) is 0 Å². The number of aromatic nitrogens is 1. The van der Waals surface area contributed by atoms with Gasteiger partial charge < -0.3 is 9.88 Å². The summed E-state index contributed by atoms with van der Waals surface area (Å²) in [6, 6.07) is 12.2. The summed E-state index contributed by atoms with van der Waals surface area (Å²) in [6.45, 7) is 6.01. The molecule has 1 heterocycles. The van der Waals surface area contributed by atoms with E-state index in [0.717, 1.165) is 19.5 Å². The van der Waals surface area contributed by atoms with Crippen molar-refractivity contribution >= 4 is 0 Å². The third-order valence-electron chi connectivity index (χ3n) is 3.49. The Balaban J connectivity index is 2.16. The molecule has 2 rings (SSSR count). The number of nitrogens with zero attached hydrogens (tertiary/aromatic N) is 1. The van der Waals surface area contributed by atoms with Crippen molar-refractivity contribution in [3.8, 4) is 0 Å². The molecule has 0 spiro atoms. The Morgan fingerprint density at radius 2 is 1.70 bits per heavy atom. The molecule has 0 saturated carbocycles. The molecular formula is C17H22N2O. The minimum atomic E-state index is 0.0496. The molecule has 0 radical (unpaired) electrons. The van der Waals surface area contributed by atoms with E-state index in [4.69, 9.17) is 0 Å². The lowest BCUT2D eigenvalue weighted by molar-refractivity contribution is 0.473. The molecule has 3 heteroatoms. The van der Waals surface area contributed by atoms with Gasteiger partial charge in [-0.3, -0.25) is 4.79 Å². The van der Waals surface area contributed by atoms with Crippen LogP contribution in [-0.4, -0.2) is 11.1 Å². The highest BCUT2D eigenvalue weighted by atomic mass is 16.1. The summed E-state index contributed by atoms with van der Waals surface area (Å²) in [5.41, 5.74) is 2.68. The van der Waals surface area contributed by atoms with Crippen molar-refractivity contribution in [2.75, 3.05) is 6.54 Å². The molecule has 0 amide bonds. The molecule has 0 bridgehead atoms. The van der Waals surface area contributed by atoms with Gasteiger partial charge >= 0.3 is 0 Å². The van der Waals surface area contributed by atoms with Crippen molar-refractivity contribution in [2.45, 2.75) is 32.9 Å². The molecule has 1 unspecified atom stereocenters. The lowest BCUT2D eigenvalue weighted by atomic mass is 10.0. The van der Waals surface area contributed by atoms with Crippen LogP contribution in [0.1, 0.15) is 31.0 Å². The summed E-state index contributed by atoms with van der Waals surface area (Å²) < 4.78 is 2.04. The Kier molecular flexibility index (Phi) is 5.13. The van der Waals surface area contributed by atoms with E-state index in [0.29, 0.717) is 0 Å². The quantitative estimate of drug-likeness (QED) is 0.875. The fraction of sp³-hybridized carbons (Fsp3) is 0.353. The van der Waals surface area contributed by atoms with E-state index >= 15 is 0 Å². The number of likely N-dealkylation sites (N-methyl/N-ethyl adjacent to an activating group) is 1. The molecule has 2 aromatic rings. The molecule has 0 aliphatic heterocycles.